The Morgan fingerprint density at radius 1 is 1.04 bits per heavy atom. The Labute approximate surface area is 146 Å². The predicted molar refractivity (Wildman–Crippen MR) is 97.5 cm³/mol. The maximum Gasteiger partial charge on any atom is 0.160 e. The van der Waals surface area contributed by atoms with E-state index in [9.17, 15) is 4.79 Å². The van der Waals surface area contributed by atoms with Crippen LogP contribution in [0.2, 0.25) is 0 Å². The summed E-state index contributed by atoms with van der Waals surface area (Å²) in [6.45, 7) is 5.61. The standard InChI is InChI=1S/C20H18N4O/c1-13-6-14(2)8-16(7-13)20-23-5-4-18(24-20)9-19(15(3)25)17-10-21-12-22-11-17/h4-12H,1-3H3/b19-9-. The average Bonchev–Trinajstić information content (AvgIpc) is 2.59. The van der Waals surface area contributed by atoms with Gasteiger partial charge in [0.25, 0.3) is 0 Å². The Morgan fingerprint density at radius 2 is 1.72 bits per heavy atom. The van der Waals surface area contributed by atoms with Crippen LogP contribution in [-0.2, 0) is 4.79 Å². The van der Waals surface area contributed by atoms with Crippen LogP contribution in [0.15, 0.2) is 49.2 Å². The Balaban J connectivity index is 2.05. The fourth-order valence-corrected chi connectivity index (χ4v) is 2.67. The molecule has 5 heteroatoms. The fourth-order valence-electron chi connectivity index (χ4n) is 2.67. The number of rotatable bonds is 4. The zero-order valence-corrected chi connectivity index (χ0v) is 14.4. The third-order valence-electron chi connectivity index (χ3n) is 3.70. The van der Waals surface area contributed by atoms with Crippen molar-refractivity contribution in [3.8, 4) is 11.4 Å². The minimum Gasteiger partial charge on any atom is -0.294 e. The summed E-state index contributed by atoms with van der Waals surface area (Å²) in [5.74, 6) is 0.564. The highest BCUT2D eigenvalue weighted by atomic mass is 16.1. The summed E-state index contributed by atoms with van der Waals surface area (Å²) < 4.78 is 0. The molecular weight excluding hydrogens is 312 g/mol. The van der Waals surface area contributed by atoms with Crippen molar-refractivity contribution in [3.63, 3.8) is 0 Å². The molecule has 0 radical (unpaired) electrons. The molecule has 0 N–H and O–H groups in total. The van der Waals surface area contributed by atoms with E-state index in [1.54, 1.807) is 30.7 Å². The first-order valence-electron chi connectivity index (χ1n) is 7.92. The molecule has 0 aliphatic rings. The second-order valence-corrected chi connectivity index (χ2v) is 5.92. The summed E-state index contributed by atoms with van der Waals surface area (Å²) in [4.78, 5) is 28.9. The molecule has 0 aliphatic carbocycles. The van der Waals surface area contributed by atoms with E-state index < -0.39 is 0 Å². The Bertz CT molecular complexity index is 929. The third kappa shape index (κ3) is 4.01. The maximum absolute atomic E-state index is 12.0. The molecule has 0 bridgehead atoms. The van der Waals surface area contributed by atoms with Crippen molar-refractivity contribution in [2.45, 2.75) is 20.8 Å². The number of carbonyl (C=O) groups is 1. The van der Waals surface area contributed by atoms with Gasteiger partial charge in [0.1, 0.15) is 6.33 Å². The highest BCUT2D eigenvalue weighted by Crippen LogP contribution is 2.21. The van der Waals surface area contributed by atoms with E-state index in [1.165, 1.54) is 13.3 Å². The molecule has 3 rings (SSSR count). The van der Waals surface area contributed by atoms with Gasteiger partial charge in [0.15, 0.2) is 11.6 Å². The number of nitrogens with zero attached hydrogens (tertiary/aromatic N) is 4. The van der Waals surface area contributed by atoms with Crippen LogP contribution in [0.5, 0.6) is 0 Å². The van der Waals surface area contributed by atoms with Gasteiger partial charge in [-0.15, -0.1) is 0 Å². The van der Waals surface area contributed by atoms with Crippen molar-refractivity contribution in [2.75, 3.05) is 0 Å². The highest BCUT2D eigenvalue weighted by Gasteiger charge is 2.10. The van der Waals surface area contributed by atoms with Crippen LogP contribution in [0.1, 0.15) is 29.3 Å². The molecule has 1 aromatic carbocycles. The summed E-state index contributed by atoms with van der Waals surface area (Å²) in [5, 5.41) is 0. The molecule has 0 aliphatic heterocycles. The number of aryl methyl sites for hydroxylation is 2. The molecule has 0 amide bonds. The van der Waals surface area contributed by atoms with Gasteiger partial charge in [-0.05, 0) is 45.0 Å². The molecule has 0 unspecified atom stereocenters. The van der Waals surface area contributed by atoms with E-state index in [4.69, 9.17) is 0 Å². The smallest absolute Gasteiger partial charge is 0.160 e. The first kappa shape index (κ1) is 16.6. The van der Waals surface area contributed by atoms with Gasteiger partial charge < -0.3 is 0 Å². The molecule has 0 atom stereocenters. The van der Waals surface area contributed by atoms with Gasteiger partial charge in [0.05, 0.1) is 5.69 Å². The molecule has 0 saturated carbocycles. The summed E-state index contributed by atoms with van der Waals surface area (Å²) >= 11 is 0. The number of allylic oxidation sites excluding steroid dienone is 1. The van der Waals surface area contributed by atoms with Crippen LogP contribution >= 0.6 is 0 Å². The molecule has 2 aromatic heterocycles. The van der Waals surface area contributed by atoms with Crippen LogP contribution in [0.4, 0.5) is 0 Å². The van der Waals surface area contributed by atoms with Gasteiger partial charge in [0, 0.05) is 35.3 Å². The van der Waals surface area contributed by atoms with Gasteiger partial charge in [-0.1, -0.05) is 17.2 Å². The van der Waals surface area contributed by atoms with Gasteiger partial charge in [-0.2, -0.15) is 0 Å². The van der Waals surface area contributed by atoms with Crippen LogP contribution in [-0.4, -0.2) is 25.7 Å². The Kier molecular flexibility index (Phi) is 4.75. The van der Waals surface area contributed by atoms with Crippen molar-refractivity contribution in [1.82, 2.24) is 19.9 Å². The molecule has 3 aromatic rings. The van der Waals surface area contributed by atoms with E-state index in [-0.39, 0.29) is 5.78 Å². The lowest BCUT2D eigenvalue weighted by atomic mass is 10.0. The molecule has 0 fully saturated rings. The SMILES string of the molecule is CC(=O)/C(=C/c1ccnc(-c2cc(C)cc(C)c2)n1)c1cncnc1. The van der Waals surface area contributed by atoms with E-state index in [1.807, 2.05) is 26.0 Å². The molecule has 0 saturated heterocycles. The van der Waals surface area contributed by atoms with Gasteiger partial charge in [-0.25, -0.2) is 19.9 Å². The number of ketones is 1. The van der Waals surface area contributed by atoms with Crippen LogP contribution in [0.3, 0.4) is 0 Å². The summed E-state index contributed by atoms with van der Waals surface area (Å²) in [6.07, 6.45) is 8.11. The third-order valence-corrected chi connectivity index (χ3v) is 3.70. The quantitative estimate of drug-likeness (QED) is 0.683. The van der Waals surface area contributed by atoms with Crippen molar-refractivity contribution in [3.05, 3.63) is 71.6 Å². The van der Waals surface area contributed by atoms with Crippen molar-refractivity contribution in [2.24, 2.45) is 0 Å². The maximum atomic E-state index is 12.0. The second kappa shape index (κ2) is 7.13. The first-order chi connectivity index (χ1) is 12.0. The fraction of sp³-hybridized carbons (Fsp3) is 0.150. The molecule has 0 spiro atoms. The van der Waals surface area contributed by atoms with E-state index in [2.05, 4.69) is 26.0 Å². The lowest BCUT2D eigenvalue weighted by Gasteiger charge is -2.06. The monoisotopic (exact) mass is 330 g/mol. The topological polar surface area (TPSA) is 68.6 Å². The second-order valence-electron chi connectivity index (χ2n) is 5.92. The molecule has 25 heavy (non-hydrogen) atoms. The van der Waals surface area contributed by atoms with E-state index >= 15 is 0 Å². The number of benzene rings is 1. The van der Waals surface area contributed by atoms with Crippen molar-refractivity contribution in [1.29, 1.82) is 0 Å². The number of carbonyl (C=O) groups excluding carboxylic acids is 1. The first-order valence-corrected chi connectivity index (χ1v) is 7.92. The summed E-state index contributed by atoms with van der Waals surface area (Å²) in [5.41, 5.74) is 5.13. The van der Waals surface area contributed by atoms with Gasteiger partial charge in [0.2, 0.25) is 0 Å². The lowest BCUT2D eigenvalue weighted by Crippen LogP contribution is -1.99. The zero-order chi connectivity index (χ0) is 17.8. The number of Topliss-reactive ketones (excluding diaryl/α,β-unsaturated/α-hetero) is 1. The van der Waals surface area contributed by atoms with Gasteiger partial charge >= 0.3 is 0 Å². The average molecular weight is 330 g/mol. The van der Waals surface area contributed by atoms with Crippen LogP contribution < -0.4 is 0 Å². The zero-order valence-electron chi connectivity index (χ0n) is 14.4. The van der Waals surface area contributed by atoms with Crippen LogP contribution in [0, 0.1) is 13.8 Å². The minimum absolute atomic E-state index is 0.0682. The normalized spacial score (nSPS) is 11.4. The van der Waals surface area contributed by atoms with E-state index in [0.29, 0.717) is 22.7 Å². The Hall–Kier alpha value is -3.21. The van der Waals surface area contributed by atoms with Gasteiger partial charge in [-0.3, -0.25) is 4.79 Å². The predicted octanol–water partition coefficient (Wildman–Crippen LogP) is 3.68. The molecular formula is C20H18N4O. The summed E-state index contributed by atoms with van der Waals surface area (Å²) in [7, 11) is 0. The van der Waals surface area contributed by atoms with Crippen molar-refractivity contribution >= 4 is 17.4 Å². The van der Waals surface area contributed by atoms with Crippen molar-refractivity contribution < 1.29 is 4.79 Å². The number of hydrogen-bond acceptors (Lipinski definition) is 5. The number of hydrogen-bond donors (Lipinski definition) is 0. The molecule has 124 valence electrons. The number of aromatic nitrogens is 4. The largest absolute Gasteiger partial charge is 0.294 e. The van der Waals surface area contributed by atoms with Crippen LogP contribution in [0.25, 0.3) is 23.0 Å². The Morgan fingerprint density at radius 3 is 2.36 bits per heavy atom. The lowest BCUT2D eigenvalue weighted by molar-refractivity contribution is -0.111. The molecule has 2 heterocycles. The van der Waals surface area contributed by atoms with E-state index in [0.717, 1.165) is 16.7 Å². The minimum atomic E-state index is -0.0682. The summed E-state index contributed by atoms with van der Waals surface area (Å²) in [6, 6.07) is 7.98. The highest BCUT2D eigenvalue weighted by molar-refractivity contribution is 6.23. The molecule has 5 nitrogen and oxygen atoms in total.